The molecular weight excluding hydrogens is 242 g/mol. The topological polar surface area (TPSA) is 42.2 Å². The molecule has 4 heteroatoms. The van der Waals surface area contributed by atoms with Gasteiger partial charge in [0.15, 0.2) is 5.13 Å². The fraction of sp³-hybridized carbons (Fsp3) is 0.357. The Morgan fingerprint density at radius 3 is 2.94 bits per heavy atom. The third-order valence-corrected chi connectivity index (χ3v) is 4.55. The molecule has 0 fully saturated rings. The molecule has 2 N–H and O–H groups in total. The zero-order valence-electron chi connectivity index (χ0n) is 10.5. The number of aryl methyl sites for hydroxylation is 1. The summed E-state index contributed by atoms with van der Waals surface area (Å²) in [5.74, 6) is 0. The lowest BCUT2D eigenvalue weighted by Crippen LogP contribution is -2.12. The average molecular weight is 259 g/mol. The molecule has 0 saturated carbocycles. The van der Waals surface area contributed by atoms with Gasteiger partial charge in [-0.3, -0.25) is 0 Å². The van der Waals surface area contributed by atoms with Crippen LogP contribution in [-0.2, 0) is 19.4 Å². The molecule has 0 atom stereocenters. The van der Waals surface area contributed by atoms with Gasteiger partial charge in [0, 0.05) is 23.7 Å². The van der Waals surface area contributed by atoms with Gasteiger partial charge in [0.2, 0.25) is 0 Å². The number of fused-ring (bicyclic) bond motifs is 1. The van der Waals surface area contributed by atoms with E-state index < -0.39 is 0 Å². The third kappa shape index (κ3) is 1.82. The molecule has 1 aliphatic rings. The van der Waals surface area contributed by atoms with Crippen LogP contribution in [0.4, 0.5) is 10.8 Å². The highest BCUT2D eigenvalue weighted by molar-refractivity contribution is 7.15. The predicted octanol–water partition coefficient (Wildman–Crippen LogP) is 2.86. The van der Waals surface area contributed by atoms with Gasteiger partial charge in [-0.2, -0.15) is 0 Å². The monoisotopic (exact) mass is 259 g/mol. The highest BCUT2D eigenvalue weighted by Gasteiger charge is 2.23. The van der Waals surface area contributed by atoms with Crippen LogP contribution in [0, 0.1) is 0 Å². The summed E-state index contributed by atoms with van der Waals surface area (Å²) in [6.45, 7) is 3.76. The van der Waals surface area contributed by atoms with Crippen molar-refractivity contribution in [3.63, 3.8) is 0 Å². The first-order valence-electron chi connectivity index (χ1n) is 6.37. The number of anilines is 2. The van der Waals surface area contributed by atoms with E-state index in [1.54, 1.807) is 11.3 Å². The minimum Gasteiger partial charge on any atom is -0.326 e. The van der Waals surface area contributed by atoms with Crippen molar-refractivity contribution in [3.05, 3.63) is 40.4 Å². The summed E-state index contributed by atoms with van der Waals surface area (Å²) in [4.78, 5) is 8.28. The van der Waals surface area contributed by atoms with Crippen LogP contribution < -0.4 is 10.6 Å². The Hall–Kier alpha value is -1.39. The Balaban J connectivity index is 1.99. The predicted molar refractivity (Wildman–Crippen MR) is 76.5 cm³/mol. The van der Waals surface area contributed by atoms with Crippen LogP contribution in [0.15, 0.2) is 24.3 Å². The van der Waals surface area contributed by atoms with E-state index in [1.807, 2.05) is 0 Å². The lowest BCUT2D eigenvalue weighted by Gasteiger charge is -2.15. The summed E-state index contributed by atoms with van der Waals surface area (Å²) < 4.78 is 0. The molecule has 0 saturated heterocycles. The number of para-hydroxylation sites is 1. The van der Waals surface area contributed by atoms with Gasteiger partial charge in [-0.05, 0) is 24.5 Å². The number of aromatic nitrogens is 1. The van der Waals surface area contributed by atoms with Crippen LogP contribution in [0.3, 0.4) is 0 Å². The number of nitrogens with two attached hydrogens (primary N) is 1. The van der Waals surface area contributed by atoms with Gasteiger partial charge in [-0.25, -0.2) is 4.98 Å². The number of nitrogens with zero attached hydrogens (tertiary/aromatic N) is 2. The molecule has 18 heavy (non-hydrogen) atoms. The molecule has 0 radical (unpaired) electrons. The molecular formula is C14H17N3S. The summed E-state index contributed by atoms with van der Waals surface area (Å²) in [5.41, 5.74) is 9.66. The number of benzene rings is 1. The van der Waals surface area contributed by atoms with Gasteiger partial charge in [0.25, 0.3) is 0 Å². The molecule has 0 spiro atoms. The van der Waals surface area contributed by atoms with E-state index in [0.717, 1.165) is 30.2 Å². The van der Waals surface area contributed by atoms with Crippen molar-refractivity contribution in [1.29, 1.82) is 0 Å². The molecule has 0 bridgehead atoms. The maximum absolute atomic E-state index is 5.78. The van der Waals surface area contributed by atoms with Crippen molar-refractivity contribution in [1.82, 2.24) is 4.98 Å². The van der Waals surface area contributed by atoms with Crippen molar-refractivity contribution in [2.75, 3.05) is 11.4 Å². The van der Waals surface area contributed by atoms with Gasteiger partial charge in [-0.1, -0.05) is 36.5 Å². The van der Waals surface area contributed by atoms with Gasteiger partial charge in [0.05, 0.1) is 5.69 Å². The second-order valence-electron chi connectivity index (χ2n) is 4.45. The van der Waals surface area contributed by atoms with Crippen molar-refractivity contribution >= 4 is 22.2 Å². The van der Waals surface area contributed by atoms with Crippen LogP contribution in [0.1, 0.15) is 23.1 Å². The lowest BCUT2D eigenvalue weighted by molar-refractivity contribution is 0.955. The van der Waals surface area contributed by atoms with Gasteiger partial charge in [0.1, 0.15) is 0 Å². The van der Waals surface area contributed by atoms with Crippen molar-refractivity contribution in [2.45, 2.75) is 26.3 Å². The molecule has 0 unspecified atom stereocenters. The fourth-order valence-electron chi connectivity index (χ4n) is 2.46. The maximum Gasteiger partial charge on any atom is 0.190 e. The Morgan fingerprint density at radius 1 is 1.39 bits per heavy atom. The van der Waals surface area contributed by atoms with Gasteiger partial charge < -0.3 is 10.6 Å². The standard InChI is InChI=1S/C14H17N3S/c1-2-11-13(9-15)18-14(16-11)17-8-7-10-5-3-4-6-12(10)17/h3-6H,2,7-9,15H2,1H3. The smallest absolute Gasteiger partial charge is 0.190 e. The lowest BCUT2D eigenvalue weighted by atomic mass is 10.2. The summed E-state index contributed by atoms with van der Waals surface area (Å²) in [6.07, 6.45) is 2.06. The summed E-state index contributed by atoms with van der Waals surface area (Å²) in [6, 6.07) is 8.58. The molecule has 3 nitrogen and oxygen atoms in total. The number of hydrogen-bond donors (Lipinski definition) is 1. The fourth-order valence-corrected chi connectivity index (χ4v) is 3.53. The first-order chi connectivity index (χ1) is 8.83. The molecule has 2 aromatic rings. The molecule has 1 aromatic carbocycles. The maximum atomic E-state index is 5.78. The molecule has 0 aliphatic carbocycles. The van der Waals surface area contributed by atoms with E-state index in [9.17, 15) is 0 Å². The second-order valence-corrected chi connectivity index (χ2v) is 5.52. The van der Waals surface area contributed by atoms with Crippen molar-refractivity contribution in [3.8, 4) is 0 Å². The SMILES string of the molecule is CCc1nc(N2CCc3ccccc32)sc1CN. The van der Waals surface area contributed by atoms with E-state index in [0.29, 0.717) is 6.54 Å². The van der Waals surface area contributed by atoms with Crippen LogP contribution in [0.2, 0.25) is 0 Å². The third-order valence-electron chi connectivity index (χ3n) is 3.41. The molecule has 2 heterocycles. The minimum absolute atomic E-state index is 0.594. The van der Waals surface area contributed by atoms with Gasteiger partial charge >= 0.3 is 0 Å². The molecule has 3 rings (SSSR count). The van der Waals surface area contributed by atoms with E-state index in [-0.39, 0.29) is 0 Å². The van der Waals surface area contributed by atoms with E-state index >= 15 is 0 Å². The minimum atomic E-state index is 0.594. The zero-order valence-corrected chi connectivity index (χ0v) is 11.3. The largest absolute Gasteiger partial charge is 0.326 e. The summed E-state index contributed by atoms with van der Waals surface area (Å²) >= 11 is 1.73. The van der Waals surface area contributed by atoms with Gasteiger partial charge in [-0.15, -0.1) is 0 Å². The Bertz CT molecular complexity index is 540. The van der Waals surface area contributed by atoms with Crippen molar-refractivity contribution in [2.24, 2.45) is 5.73 Å². The quantitative estimate of drug-likeness (QED) is 0.921. The van der Waals surface area contributed by atoms with Crippen LogP contribution in [0.25, 0.3) is 0 Å². The first kappa shape index (κ1) is 11.7. The van der Waals surface area contributed by atoms with Crippen molar-refractivity contribution < 1.29 is 0 Å². The highest BCUT2D eigenvalue weighted by Crippen LogP contribution is 2.37. The second kappa shape index (κ2) is 4.71. The number of hydrogen-bond acceptors (Lipinski definition) is 4. The van der Waals surface area contributed by atoms with E-state index in [2.05, 4.69) is 36.1 Å². The molecule has 94 valence electrons. The Kier molecular flexibility index (Phi) is 3.06. The molecule has 1 aromatic heterocycles. The van der Waals surface area contributed by atoms with Crippen LogP contribution in [-0.4, -0.2) is 11.5 Å². The Morgan fingerprint density at radius 2 is 2.22 bits per heavy atom. The van der Waals surface area contributed by atoms with Crippen LogP contribution in [0.5, 0.6) is 0 Å². The highest BCUT2D eigenvalue weighted by atomic mass is 32.1. The number of rotatable bonds is 3. The molecule has 0 amide bonds. The Labute approximate surface area is 111 Å². The zero-order chi connectivity index (χ0) is 12.5. The van der Waals surface area contributed by atoms with E-state index in [1.165, 1.54) is 16.1 Å². The number of thiazole rings is 1. The van der Waals surface area contributed by atoms with E-state index in [4.69, 9.17) is 10.7 Å². The average Bonchev–Trinajstić information content (AvgIpc) is 3.01. The van der Waals surface area contributed by atoms with Crippen LogP contribution >= 0.6 is 11.3 Å². The normalized spacial score (nSPS) is 14.0. The first-order valence-corrected chi connectivity index (χ1v) is 7.19. The molecule has 1 aliphatic heterocycles. The summed E-state index contributed by atoms with van der Waals surface area (Å²) in [5, 5.41) is 1.09. The summed E-state index contributed by atoms with van der Waals surface area (Å²) in [7, 11) is 0.